The SMILES string of the molecule is [C-]#[N+]c1c(C#N)nn(C(C)(C)C)c1N. The van der Waals surface area contributed by atoms with Gasteiger partial charge in [0.25, 0.3) is 5.69 Å². The average Bonchev–Trinajstić information content (AvgIpc) is 2.40. The van der Waals surface area contributed by atoms with Crippen molar-refractivity contribution in [2.75, 3.05) is 5.73 Å². The fourth-order valence-electron chi connectivity index (χ4n) is 1.12. The Morgan fingerprint density at radius 1 is 1.57 bits per heavy atom. The fraction of sp³-hybridized carbons (Fsp3) is 0.444. The van der Waals surface area contributed by atoms with E-state index < -0.39 is 0 Å². The van der Waals surface area contributed by atoms with Crippen LogP contribution in [0.3, 0.4) is 0 Å². The molecule has 0 unspecified atom stereocenters. The Labute approximate surface area is 82.6 Å². The van der Waals surface area contributed by atoms with Crippen LogP contribution in [0, 0.1) is 17.9 Å². The Kier molecular flexibility index (Phi) is 2.19. The van der Waals surface area contributed by atoms with E-state index in [1.54, 1.807) is 0 Å². The van der Waals surface area contributed by atoms with E-state index in [1.165, 1.54) is 4.68 Å². The molecule has 5 nitrogen and oxygen atoms in total. The molecule has 0 fully saturated rings. The van der Waals surface area contributed by atoms with Gasteiger partial charge in [0.2, 0.25) is 0 Å². The zero-order chi connectivity index (χ0) is 10.9. The zero-order valence-electron chi connectivity index (χ0n) is 8.37. The standard InChI is InChI=1S/C9H11N5/c1-9(2,3)14-8(11)7(12-4)6(5-10)13-14/h11H2,1-3H3. The lowest BCUT2D eigenvalue weighted by molar-refractivity contribution is 0.361. The molecule has 1 heterocycles. The monoisotopic (exact) mass is 189 g/mol. The number of nitrogens with two attached hydrogens (primary N) is 1. The number of nitriles is 1. The molecule has 1 rings (SSSR count). The van der Waals surface area contributed by atoms with Crippen LogP contribution in [-0.2, 0) is 5.54 Å². The van der Waals surface area contributed by atoms with Gasteiger partial charge in [-0.15, -0.1) is 0 Å². The van der Waals surface area contributed by atoms with Crippen LogP contribution in [0.2, 0.25) is 0 Å². The van der Waals surface area contributed by atoms with Crippen molar-refractivity contribution in [1.29, 1.82) is 5.26 Å². The topological polar surface area (TPSA) is 72.0 Å². The summed E-state index contributed by atoms with van der Waals surface area (Å²) in [5, 5.41) is 12.7. The third-order valence-corrected chi connectivity index (χ3v) is 1.75. The van der Waals surface area contributed by atoms with Gasteiger partial charge in [-0.25, -0.2) is 4.85 Å². The Hall–Kier alpha value is -2.01. The summed E-state index contributed by atoms with van der Waals surface area (Å²) in [6.07, 6.45) is 0. The molecule has 2 N–H and O–H groups in total. The third kappa shape index (κ3) is 1.40. The Morgan fingerprint density at radius 3 is 2.43 bits per heavy atom. The third-order valence-electron chi connectivity index (χ3n) is 1.75. The van der Waals surface area contributed by atoms with Crippen LogP contribution in [0.1, 0.15) is 26.5 Å². The van der Waals surface area contributed by atoms with Crippen molar-refractivity contribution in [1.82, 2.24) is 9.78 Å². The molecular formula is C9H11N5. The number of hydrogen-bond acceptors (Lipinski definition) is 3. The molecule has 0 spiro atoms. The predicted molar refractivity (Wildman–Crippen MR) is 52.6 cm³/mol. The van der Waals surface area contributed by atoms with E-state index >= 15 is 0 Å². The van der Waals surface area contributed by atoms with Crippen molar-refractivity contribution in [3.05, 3.63) is 17.1 Å². The Balaban J connectivity index is 3.47. The molecule has 0 bridgehead atoms. The molecule has 0 atom stereocenters. The molecule has 0 aliphatic heterocycles. The number of nitrogens with zero attached hydrogens (tertiary/aromatic N) is 4. The Morgan fingerprint density at radius 2 is 2.14 bits per heavy atom. The quantitative estimate of drug-likeness (QED) is 0.630. The van der Waals surface area contributed by atoms with E-state index in [1.807, 2.05) is 26.8 Å². The van der Waals surface area contributed by atoms with Gasteiger partial charge < -0.3 is 5.73 Å². The van der Waals surface area contributed by atoms with Crippen molar-refractivity contribution in [2.45, 2.75) is 26.3 Å². The molecule has 0 amide bonds. The number of rotatable bonds is 0. The minimum Gasteiger partial charge on any atom is -0.393 e. The largest absolute Gasteiger partial charge is 0.393 e. The predicted octanol–water partition coefficient (Wildman–Crippen LogP) is 1.64. The molecule has 0 aliphatic carbocycles. The lowest BCUT2D eigenvalue weighted by Gasteiger charge is -2.20. The molecule has 72 valence electrons. The number of nitrogen functional groups attached to an aromatic ring is 1. The van der Waals surface area contributed by atoms with E-state index in [2.05, 4.69) is 9.94 Å². The zero-order valence-corrected chi connectivity index (χ0v) is 8.37. The molecule has 0 aliphatic rings. The first-order valence-corrected chi connectivity index (χ1v) is 4.08. The highest BCUT2D eigenvalue weighted by molar-refractivity contribution is 5.70. The summed E-state index contributed by atoms with van der Waals surface area (Å²) in [5.41, 5.74) is 5.62. The van der Waals surface area contributed by atoms with Crippen LogP contribution in [0.15, 0.2) is 0 Å². The molecular weight excluding hydrogens is 178 g/mol. The highest BCUT2D eigenvalue weighted by Gasteiger charge is 2.23. The van der Waals surface area contributed by atoms with Crippen LogP contribution in [0.4, 0.5) is 11.5 Å². The molecule has 1 aromatic heterocycles. The minimum atomic E-state index is -0.321. The first-order valence-electron chi connectivity index (χ1n) is 4.08. The fourth-order valence-corrected chi connectivity index (χ4v) is 1.12. The first kappa shape index (κ1) is 10.1. The smallest absolute Gasteiger partial charge is 0.264 e. The van der Waals surface area contributed by atoms with Gasteiger partial charge in [0.15, 0.2) is 5.69 Å². The van der Waals surface area contributed by atoms with E-state index in [9.17, 15) is 0 Å². The van der Waals surface area contributed by atoms with E-state index in [4.69, 9.17) is 17.6 Å². The summed E-state index contributed by atoms with van der Waals surface area (Å²) in [6, 6.07) is 1.85. The highest BCUT2D eigenvalue weighted by Crippen LogP contribution is 2.30. The Bertz CT molecular complexity index is 435. The maximum atomic E-state index is 8.73. The van der Waals surface area contributed by atoms with Crippen LogP contribution >= 0.6 is 0 Å². The summed E-state index contributed by atoms with van der Waals surface area (Å²) < 4.78 is 1.50. The van der Waals surface area contributed by atoms with Gasteiger partial charge in [0.05, 0.1) is 12.1 Å². The molecule has 14 heavy (non-hydrogen) atoms. The molecule has 0 saturated heterocycles. The van der Waals surface area contributed by atoms with Gasteiger partial charge in [-0.1, -0.05) is 0 Å². The van der Waals surface area contributed by atoms with Gasteiger partial charge in [0, 0.05) is 0 Å². The number of anilines is 1. The first-order chi connectivity index (χ1) is 6.41. The summed E-state index contributed by atoms with van der Waals surface area (Å²) >= 11 is 0. The van der Waals surface area contributed by atoms with Gasteiger partial charge in [-0.3, -0.25) is 4.68 Å². The summed E-state index contributed by atoms with van der Waals surface area (Å²) in [5.74, 6) is 0.254. The molecule has 1 aromatic rings. The summed E-state index contributed by atoms with van der Waals surface area (Å²) in [4.78, 5) is 3.19. The normalized spacial score (nSPS) is 10.6. The maximum absolute atomic E-state index is 8.73. The van der Waals surface area contributed by atoms with Gasteiger partial charge >= 0.3 is 0 Å². The van der Waals surface area contributed by atoms with Crippen molar-refractivity contribution >= 4 is 11.5 Å². The van der Waals surface area contributed by atoms with E-state index in [0.717, 1.165) is 0 Å². The van der Waals surface area contributed by atoms with Crippen LogP contribution in [-0.4, -0.2) is 9.78 Å². The second kappa shape index (κ2) is 3.04. The number of aromatic nitrogens is 2. The van der Waals surface area contributed by atoms with Gasteiger partial charge in [-0.2, -0.15) is 10.4 Å². The van der Waals surface area contributed by atoms with Crippen molar-refractivity contribution in [3.63, 3.8) is 0 Å². The highest BCUT2D eigenvalue weighted by atomic mass is 15.4. The molecule has 0 aromatic carbocycles. The lowest BCUT2D eigenvalue weighted by Crippen LogP contribution is -2.24. The van der Waals surface area contributed by atoms with Crippen molar-refractivity contribution < 1.29 is 0 Å². The van der Waals surface area contributed by atoms with E-state index in [0.29, 0.717) is 0 Å². The maximum Gasteiger partial charge on any atom is 0.264 e. The van der Waals surface area contributed by atoms with Crippen LogP contribution in [0.5, 0.6) is 0 Å². The minimum absolute atomic E-state index is 0.0902. The van der Waals surface area contributed by atoms with Crippen LogP contribution in [0.25, 0.3) is 4.85 Å². The van der Waals surface area contributed by atoms with Crippen LogP contribution < -0.4 is 5.73 Å². The molecule has 0 saturated carbocycles. The van der Waals surface area contributed by atoms with Crippen molar-refractivity contribution in [2.24, 2.45) is 0 Å². The lowest BCUT2D eigenvalue weighted by atomic mass is 10.1. The second-order valence-corrected chi connectivity index (χ2v) is 3.89. The number of hydrogen-bond donors (Lipinski definition) is 1. The second-order valence-electron chi connectivity index (χ2n) is 3.89. The molecule has 5 heteroatoms. The molecule has 0 radical (unpaired) electrons. The van der Waals surface area contributed by atoms with E-state index in [-0.39, 0.29) is 22.7 Å². The summed E-state index contributed by atoms with van der Waals surface area (Å²) in [7, 11) is 0. The van der Waals surface area contributed by atoms with Crippen molar-refractivity contribution in [3.8, 4) is 6.07 Å². The van der Waals surface area contributed by atoms with Gasteiger partial charge in [-0.05, 0) is 20.8 Å². The average molecular weight is 189 g/mol. The summed E-state index contributed by atoms with van der Waals surface area (Å²) in [6.45, 7) is 12.6. The van der Waals surface area contributed by atoms with Gasteiger partial charge in [0.1, 0.15) is 11.9 Å².